The number of rotatable bonds is 6. The highest BCUT2D eigenvalue weighted by atomic mass is 16.5. The molecule has 0 aromatic heterocycles. The Morgan fingerprint density at radius 2 is 1.58 bits per heavy atom. The van der Waals surface area contributed by atoms with E-state index in [4.69, 9.17) is 10.5 Å². The summed E-state index contributed by atoms with van der Waals surface area (Å²) in [7, 11) is 1.75. The molecule has 0 spiro atoms. The fourth-order valence-electron chi connectivity index (χ4n) is 2.70. The van der Waals surface area contributed by atoms with Gasteiger partial charge in [0.25, 0.3) is 5.91 Å². The number of benzene rings is 3. The molecular weight excluding hydrogens is 324 g/mol. The molecule has 4 heteroatoms. The van der Waals surface area contributed by atoms with Gasteiger partial charge in [0.2, 0.25) is 0 Å². The van der Waals surface area contributed by atoms with Gasteiger partial charge in [-0.1, -0.05) is 54.6 Å². The lowest BCUT2D eigenvalue weighted by molar-refractivity contribution is 0.0992. The molecule has 0 fully saturated rings. The summed E-state index contributed by atoms with van der Waals surface area (Å²) in [6.45, 7) is 0.841. The lowest BCUT2D eigenvalue weighted by Gasteiger charge is -2.21. The first-order valence-electron chi connectivity index (χ1n) is 8.52. The predicted octanol–water partition coefficient (Wildman–Crippen LogP) is 4.00. The number of anilines is 1. The molecule has 0 saturated carbocycles. The maximum absolute atomic E-state index is 12.8. The van der Waals surface area contributed by atoms with Crippen LogP contribution in [0.15, 0.2) is 78.9 Å². The standard InChI is InChI=1S/C22H22N2O2/c1-24(22(25)19-10-6-3-7-11-19)20-13-12-18(15-23)14-21(20)26-16-17-8-4-2-5-9-17/h2-14H,15-16,23H2,1H3. The third-order valence-corrected chi connectivity index (χ3v) is 4.18. The first-order chi connectivity index (χ1) is 12.7. The van der Waals surface area contributed by atoms with Crippen LogP contribution in [0.4, 0.5) is 5.69 Å². The van der Waals surface area contributed by atoms with Gasteiger partial charge in [-0.3, -0.25) is 4.79 Å². The molecule has 132 valence electrons. The molecule has 0 heterocycles. The van der Waals surface area contributed by atoms with Gasteiger partial charge in [-0.15, -0.1) is 0 Å². The van der Waals surface area contributed by atoms with Gasteiger partial charge in [0.05, 0.1) is 5.69 Å². The van der Waals surface area contributed by atoms with Crippen LogP contribution in [0.1, 0.15) is 21.5 Å². The first kappa shape index (κ1) is 17.7. The van der Waals surface area contributed by atoms with Crippen molar-refractivity contribution in [2.75, 3.05) is 11.9 Å². The van der Waals surface area contributed by atoms with Crippen molar-refractivity contribution in [2.45, 2.75) is 13.2 Å². The van der Waals surface area contributed by atoms with Crippen LogP contribution in [0.5, 0.6) is 5.75 Å². The van der Waals surface area contributed by atoms with E-state index in [1.54, 1.807) is 24.1 Å². The summed E-state index contributed by atoms with van der Waals surface area (Å²) in [6, 6.07) is 24.8. The number of ether oxygens (including phenoxy) is 1. The number of amides is 1. The maximum Gasteiger partial charge on any atom is 0.258 e. The van der Waals surface area contributed by atoms with Crippen LogP contribution >= 0.6 is 0 Å². The minimum Gasteiger partial charge on any atom is -0.487 e. The lowest BCUT2D eigenvalue weighted by Crippen LogP contribution is -2.26. The molecule has 0 saturated heterocycles. The van der Waals surface area contributed by atoms with Crippen LogP contribution in [-0.4, -0.2) is 13.0 Å². The van der Waals surface area contributed by atoms with Crippen LogP contribution in [0.2, 0.25) is 0 Å². The summed E-state index contributed by atoms with van der Waals surface area (Å²) >= 11 is 0. The SMILES string of the molecule is CN(C(=O)c1ccccc1)c1ccc(CN)cc1OCc1ccccc1. The molecular formula is C22H22N2O2. The van der Waals surface area contributed by atoms with E-state index in [1.165, 1.54) is 0 Å². The van der Waals surface area contributed by atoms with Crippen LogP contribution in [0.25, 0.3) is 0 Å². The number of hydrogen-bond donors (Lipinski definition) is 1. The number of hydrogen-bond acceptors (Lipinski definition) is 3. The van der Waals surface area contributed by atoms with E-state index in [0.29, 0.717) is 30.2 Å². The van der Waals surface area contributed by atoms with Crippen molar-refractivity contribution in [1.82, 2.24) is 0 Å². The van der Waals surface area contributed by atoms with E-state index in [-0.39, 0.29) is 5.91 Å². The topological polar surface area (TPSA) is 55.6 Å². The molecule has 0 aliphatic heterocycles. The fraction of sp³-hybridized carbons (Fsp3) is 0.136. The Hall–Kier alpha value is -3.11. The van der Waals surface area contributed by atoms with Crippen molar-refractivity contribution >= 4 is 11.6 Å². The Morgan fingerprint density at radius 1 is 0.923 bits per heavy atom. The summed E-state index contributed by atoms with van der Waals surface area (Å²) in [5.74, 6) is 0.555. The Balaban J connectivity index is 1.87. The third-order valence-electron chi connectivity index (χ3n) is 4.18. The van der Waals surface area contributed by atoms with Gasteiger partial charge in [-0.25, -0.2) is 0 Å². The number of carbonyl (C=O) groups is 1. The zero-order valence-corrected chi connectivity index (χ0v) is 14.8. The first-order valence-corrected chi connectivity index (χ1v) is 8.52. The molecule has 4 nitrogen and oxygen atoms in total. The average Bonchev–Trinajstić information content (AvgIpc) is 2.72. The molecule has 0 aliphatic carbocycles. The van der Waals surface area contributed by atoms with Crippen molar-refractivity contribution < 1.29 is 9.53 Å². The van der Waals surface area contributed by atoms with Gasteiger partial charge in [0.1, 0.15) is 12.4 Å². The Morgan fingerprint density at radius 3 is 2.23 bits per heavy atom. The molecule has 0 aliphatic rings. The zero-order valence-electron chi connectivity index (χ0n) is 14.8. The molecule has 2 N–H and O–H groups in total. The van der Waals surface area contributed by atoms with Crippen LogP contribution in [0.3, 0.4) is 0 Å². The molecule has 0 radical (unpaired) electrons. The van der Waals surface area contributed by atoms with Crippen LogP contribution in [0, 0.1) is 0 Å². The lowest BCUT2D eigenvalue weighted by atomic mass is 10.1. The van der Waals surface area contributed by atoms with E-state index >= 15 is 0 Å². The number of nitrogens with zero attached hydrogens (tertiary/aromatic N) is 1. The second-order valence-corrected chi connectivity index (χ2v) is 6.01. The highest BCUT2D eigenvalue weighted by Gasteiger charge is 2.17. The van der Waals surface area contributed by atoms with Gasteiger partial charge in [0.15, 0.2) is 0 Å². The van der Waals surface area contributed by atoms with Gasteiger partial charge in [0, 0.05) is 19.2 Å². The van der Waals surface area contributed by atoms with Gasteiger partial charge < -0.3 is 15.4 Å². The largest absolute Gasteiger partial charge is 0.487 e. The fourth-order valence-corrected chi connectivity index (χ4v) is 2.70. The highest BCUT2D eigenvalue weighted by Crippen LogP contribution is 2.30. The van der Waals surface area contributed by atoms with Crippen molar-refractivity contribution in [1.29, 1.82) is 0 Å². The predicted molar refractivity (Wildman–Crippen MR) is 104 cm³/mol. The minimum absolute atomic E-state index is 0.0874. The van der Waals surface area contributed by atoms with E-state index < -0.39 is 0 Å². The number of carbonyl (C=O) groups excluding carboxylic acids is 1. The van der Waals surface area contributed by atoms with Crippen molar-refractivity contribution in [3.63, 3.8) is 0 Å². The second-order valence-electron chi connectivity index (χ2n) is 6.01. The summed E-state index contributed by atoms with van der Waals surface area (Å²) in [6.07, 6.45) is 0. The Kier molecular flexibility index (Phi) is 5.66. The second kappa shape index (κ2) is 8.32. The quantitative estimate of drug-likeness (QED) is 0.734. The van der Waals surface area contributed by atoms with Crippen LogP contribution < -0.4 is 15.4 Å². The Bertz CT molecular complexity index is 864. The smallest absolute Gasteiger partial charge is 0.258 e. The monoisotopic (exact) mass is 346 g/mol. The highest BCUT2D eigenvalue weighted by molar-refractivity contribution is 6.06. The summed E-state index contributed by atoms with van der Waals surface area (Å²) in [5.41, 5.74) is 9.13. The van der Waals surface area contributed by atoms with Gasteiger partial charge in [-0.2, -0.15) is 0 Å². The van der Waals surface area contributed by atoms with Crippen molar-refractivity contribution in [2.24, 2.45) is 5.73 Å². The van der Waals surface area contributed by atoms with Crippen molar-refractivity contribution in [3.05, 3.63) is 95.6 Å². The van der Waals surface area contributed by atoms with E-state index in [9.17, 15) is 4.79 Å². The molecule has 0 unspecified atom stereocenters. The van der Waals surface area contributed by atoms with E-state index in [1.807, 2.05) is 66.7 Å². The third kappa shape index (κ3) is 4.10. The number of nitrogens with two attached hydrogens (primary N) is 1. The van der Waals surface area contributed by atoms with Gasteiger partial charge >= 0.3 is 0 Å². The maximum atomic E-state index is 12.8. The molecule has 3 aromatic carbocycles. The minimum atomic E-state index is -0.0874. The van der Waals surface area contributed by atoms with Crippen LogP contribution in [-0.2, 0) is 13.2 Å². The zero-order chi connectivity index (χ0) is 18.4. The molecule has 0 bridgehead atoms. The summed E-state index contributed by atoms with van der Waals surface area (Å²) in [4.78, 5) is 14.4. The normalized spacial score (nSPS) is 10.4. The summed E-state index contributed by atoms with van der Waals surface area (Å²) in [5, 5.41) is 0. The Labute approximate surface area is 153 Å². The van der Waals surface area contributed by atoms with E-state index in [2.05, 4.69) is 0 Å². The molecule has 3 rings (SSSR count). The van der Waals surface area contributed by atoms with Crippen molar-refractivity contribution in [3.8, 4) is 5.75 Å². The van der Waals surface area contributed by atoms with E-state index in [0.717, 1.165) is 11.1 Å². The molecule has 26 heavy (non-hydrogen) atoms. The molecule has 0 atom stereocenters. The molecule has 3 aromatic rings. The summed E-state index contributed by atoms with van der Waals surface area (Å²) < 4.78 is 6.02. The average molecular weight is 346 g/mol. The van der Waals surface area contributed by atoms with Gasteiger partial charge in [-0.05, 0) is 35.4 Å². The molecule has 1 amide bonds.